The Morgan fingerprint density at radius 1 is 1.44 bits per heavy atom. The molecular weight excluding hydrogens is 258 g/mol. The molecule has 0 saturated heterocycles. The van der Waals surface area contributed by atoms with Gasteiger partial charge in [0.1, 0.15) is 13.6 Å². The fourth-order valence-electron chi connectivity index (χ4n) is 2.20. The molecule has 0 radical (unpaired) electrons. The van der Waals surface area contributed by atoms with Crippen molar-refractivity contribution in [2.24, 2.45) is 0 Å². The second-order valence-corrected chi connectivity index (χ2v) is 5.30. The molecule has 0 aromatic rings. The van der Waals surface area contributed by atoms with Gasteiger partial charge in [0.15, 0.2) is 5.71 Å². The number of rotatable bonds is 2. The maximum absolute atomic E-state index is 9.22. The van der Waals surface area contributed by atoms with E-state index in [4.69, 9.17) is 4.74 Å². The number of allylic oxidation sites excluding steroid dienone is 1. The SMILES string of the molecule is COC1CC[N+](C)=C2CCC=C21.COS(=O)(=O)[O-]. The van der Waals surface area contributed by atoms with Gasteiger partial charge in [0, 0.05) is 25.5 Å². The Morgan fingerprint density at radius 3 is 2.56 bits per heavy atom. The van der Waals surface area contributed by atoms with Crippen molar-refractivity contribution in [3.63, 3.8) is 0 Å². The monoisotopic (exact) mass is 277 g/mol. The van der Waals surface area contributed by atoms with Gasteiger partial charge >= 0.3 is 0 Å². The van der Waals surface area contributed by atoms with Crippen molar-refractivity contribution in [1.82, 2.24) is 0 Å². The van der Waals surface area contributed by atoms with Gasteiger partial charge in [-0.1, -0.05) is 6.08 Å². The first kappa shape index (κ1) is 15.3. The van der Waals surface area contributed by atoms with E-state index in [-0.39, 0.29) is 0 Å². The lowest BCUT2D eigenvalue weighted by Gasteiger charge is -2.20. The molecule has 0 aromatic heterocycles. The zero-order valence-electron chi connectivity index (χ0n) is 10.9. The van der Waals surface area contributed by atoms with E-state index in [2.05, 4.69) is 21.9 Å². The molecule has 7 heteroatoms. The molecule has 104 valence electrons. The number of hydrogen-bond acceptors (Lipinski definition) is 5. The van der Waals surface area contributed by atoms with E-state index in [0.717, 1.165) is 20.1 Å². The minimum Gasteiger partial charge on any atom is -0.726 e. The summed E-state index contributed by atoms with van der Waals surface area (Å²) in [7, 11) is 0.389. The van der Waals surface area contributed by atoms with Crippen molar-refractivity contribution in [3.8, 4) is 0 Å². The maximum atomic E-state index is 9.22. The van der Waals surface area contributed by atoms with Crippen LogP contribution in [0.15, 0.2) is 11.6 Å². The van der Waals surface area contributed by atoms with Crippen molar-refractivity contribution in [1.29, 1.82) is 0 Å². The van der Waals surface area contributed by atoms with Gasteiger partial charge in [-0.05, 0) is 6.42 Å². The number of ether oxygens (including phenoxy) is 1. The summed E-state index contributed by atoms with van der Waals surface area (Å²) in [6.07, 6.45) is 6.26. The third-order valence-corrected chi connectivity index (χ3v) is 3.51. The summed E-state index contributed by atoms with van der Waals surface area (Å²) >= 11 is 0. The van der Waals surface area contributed by atoms with Crippen molar-refractivity contribution in [2.75, 3.05) is 27.8 Å². The van der Waals surface area contributed by atoms with E-state index in [1.165, 1.54) is 24.1 Å². The second-order valence-electron chi connectivity index (χ2n) is 4.15. The van der Waals surface area contributed by atoms with E-state index in [0.29, 0.717) is 6.10 Å². The largest absolute Gasteiger partial charge is 0.726 e. The maximum Gasteiger partial charge on any atom is 0.217 e. The highest BCUT2D eigenvalue weighted by molar-refractivity contribution is 7.80. The van der Waals surface area contributed by atoms with Crippen molar-refractivity contribution < 1.29 is 26.5 Å². The zero-order chi connectivity index (χ0) is 13.8. The highest BCUT2D eigenvalue weighted by Gasteiger charge is 2.32. The van der Waals surface area contributed by atoms with Gasteiger partial charge in [-0.2, -0.15) is 0 Å². The van der Waals surface area contributed by atoms with Crippen LogP contribution in [-0.4, -0.2) is 57.2 Å². The van der Waals surface area contributed by atoms with Gasteiger partial charge in [-0.3, -0.25) is 4.18 Å². The van der Waals surface area contributed by atoms with Crippen LogP contribution >= 0.6 is 0 Å². The van der Waals surface area contributed by atoms with Gasteiger partial charge in [0.05, 0.1) is 13.2 Å². The smallest absolute Gasteiger partial charge is 0.217 e. The Labute approximate surface area is 108 Å². The Balaban J connectivity index is 0.000000232. The van der Waals surface area contributed by atoms with Crippen LogP contribution in [0.1, 0.15) is 19.3 Å². The molecule has 6 nitrogen and oxygen atoms in total. The first-order valence-corrected chi connectivity index (χ1v) is 7.04. The molecule has 1 unspecified atom stereocenters. The first-order valence-electron chi connectivity index (χ1n) is 5.70. The van der Waals surface area contributed by atoms with Gasteiger partial charge in [0.2, 0.25) is 10.4 Å². The molecule has 0 fully saturated rings. The fraction of sp³-hybridized carbons (Fsp3) is 0.727. The lowest BCUT2D eigenvalue weighted by molar-refractivity contribution is -0.503. The molecule has 0 aromatic carbocycles. The van der Waals surface area contributed by atoms with Crippen LogP contribution in [0.3, 0.4) is 0 Å². The third-order valence-electron chi connectivity index (χ3n) is 3.10. The lowest BCUT2D eigenvalue weighted by Crippen LogP contribution is -2.33. The van der Waals surface area contributed by atoms with Crippen LogP contribution in [0.2, 0.25) is 0 Å². The normalized spacial score (nSPS) is 23.1. The van der Waals surface area contributed by atoms with Crippen LogP contribution in [0.4, 0.5) is 0 Å². The minimum absolute atomic E-state index is 0.374. The Bertz CT molecular complexity index is 452. The van der Waals surface area contributed by atoms with E-state index in [9.17, 15) is 13.0 Å². The van der Waals surface area contributed by atoms with Crippen molar-refractivity contribution in [3.05, 3.63) is 11.6 Å². The lowest BCUT2D eigenvalue weighted by atomic mass is 10.0. The van der Waals surface area contributed by atoms with Crippen LogP contribution in [0.25, 0.3) is 0 Å². The molecule has 2 rings (SSSR count). The van der Waals surface area contributed by atoms with Crippen molar-refractivity contribution >= 4 is 16.1 Å². The Morgan fingerprint density at radius 2 is 2.06 bits per heavy atom. The van der Waals surface area contributed by atoms with Crippen LogP contribution in [0, 0.1) is 0 Å². The van der Waals surface area contributed by atoms with Crippen LogP contribution < -0.4 is 0 Å². The Hall–Kier alpha value is -0.760. The summed E-state index contributed by atoms with van der Waals surface area (Å²) in [4.78, 5) is 0. The van der Waals surface area contributed by atoms with E-state index < -0.39 is 10.4 Å². The van der Waals surface area contributed by atoms with Gasteiger partial charge in [-0.25, -0.2) is 13.0 Å². The number of nitrogens with zero attached hydrogens (tertiary/aromatic N) is 1. The molecule has 0 spiro atoms. The molecule has 1 heterocycles. The van der Waals surface area contributed by atoms with E-state index >= 15 is 0 Å². The summed E-state index contributed by atoms with van der Waals surface area (Å²) in [5.74, 6) is 0. The number of hydrogen-bond donors (Lipinski definition) is 0. The molecule has 0 N–H and O–H groups in total. The van der Waals surface area contributed by atoms with Gasteiger partial charge in [-0.15, -0.1) is 0 Å². The summed E-state index contributed by atoms with van der Waals surface area (Å²) in [5, 5.41) is 0. The summed E-state index contributed by atoms with van der Waals surface area (Å²) < 4.78 is 38.8. The summed E-state index contributed by atoms with van der Waals surface area (Å²) in [5.41, 5.74) is 2.96. The average Bonchev–Trinajstić information content (AvgIpc) is 2.79. The predicted molar refractivity (Wildman–Crippen MR) is 65.5 cm³/mol. The third kappa shape index (κ3) is 4.16. The average molecular weight is 277 g/mol. The number of methoxy groups -OCH3 is 1. The van der Waals surface area contributed by atoms with Gasteiger partial charge in [0.25, 0.3) is 0 Å². The van der Waals surface area contributed by atoms with Gasteiger partial charge < -0.3 is 9.29 Å². The Kier molecular flexibility index (Phi) is 5.46. The molecular formula is C11H19NO5S. The highest BCUT2D eigenvalue weighted by Crippen LogP contribution is 2.25. The first-order chi connectivity index (χ1) is 8.39. The zero-order valence-corrected chi connectivity index (χ0v) is 11.7. The summed E-state index contributed by atoms with van der Waals surface area (Å²) in [6.45, 7) is 1.14. The molecule has 1 aliphatic heterocycles. The second kappa shape index (κ2) is 6.42. The van der Waals surface area contributed by atoms with Crippen molar-refractivity contribution in [2.45, 2.75) is 25.4 Å². The molecule has 0 saturated carbocycles. The molecule has 2 aliphatic rings. The minimum atomic E-state index is -4.41. The molecule has 0 bridgehead atoms. The molecule has 18 heavy (non-hydrogen) atoms. The van der Waals surface area contributed by atoms with E-state index in [1.807, 2.05) is 7.11 Å². The summed E-state index contributed by atoms with van der Waals surface area (Å²) in [6, 6.07) is 0. The fourth-order valence-corrected chi connectivity index (χ4v) is 2.20. The predicted octanol–water partition coefficient (Wildman–Crippen LogP) is 0.302. The molecule has 1 atom stereocenters. The van der Waals surface area contributed by atoms with E-state index in [1.54, 1.807) is 0 Å². The highest BCUT2D eigenvalue weighted by atomic mass is 32.3. The molecule has 1 aliphatic carbocycles. The number of fused-ring (bicyclic) bond motifs is 1. The topological polar surface area (TPSA) is 78.7 Å². The molecule has 0 amide bonds. The quantitative estimate of drug-likeness (QED) is 0.412. The van der Waals surface area contributed by atoms with Crippen LogP contribution in [0.5, 0.6) is 0 Å². The van der Waals surface area contributed by atoms with Crippen LogP contribution in [-0.2, 0) is 19.3 Å². The standard InChI is InChI=1S/C10H16NO.CH4O4S/c1-11-7-6-10(12-2)8-4-3-5-9(8)11;1-5-6(2,3)4/h4,10H,3,5-7H2,1-2H3;1H3,(H,2,3,4)/q+1;/p-1.